The van der Waals surface area contributed by atoms with Gasteiger partial charge in [-0.1, -0.05) is 181 Å². The van der Waals surface area contributed by atoms with Crippen molar-refractivity contribution in [2.24, 2.45) is 0 Å². The summed E-state index contributed by atoms with van der Waals surface area (Å²) >= 11 is 0. The molecule has 0 spiro atoms. The monoisotopic (exact) mass is 946 g/mol. The third kappa shape index (κ3) is 5.33. The Balaban J connectivity index is 1.13. The predicted molar refractivity (Wildman–Crippen MR) is 302 cm³/mol. The first-order valence-corrected chi connectivity index (χ1v) is 27.9. The fraction of sp³-hybridized carbons (Fsp3) is 0.182. The van der Waals surface area contributed by atoms with Crippen LogP contribution in [0.3, 0.4) is 0 Å². The van der Waals surface area contributed by atoms with Gasteiger partial charge in [-0.05, 0) is 143 Å². The zero-order chi connectivity index (χ0) is 48.6. The number of anilines is 5. The molecule has 15 rings (SSSR count). The van der Waals surface area contributed by atoms with Gasteiger partial charge in [0.15, 0.2) is 31.1 Å². The third-order valence-electron chi connectivity index (χ3n) is 17.9. The molecule has 9 aromatic carbocycles. The predicted octanol–water partition coefficient (Wildman–Crippen LogP) is 12.9. The molecule has 0 radical (unpaired) electrons. The van der Waals surface area contributed by atoms with Gasteiger partial charge < -0.3 is 19.2 Å². The molecule has 6 heteroatoms. The van der Waals surface area contributed by atoms with Crippen LogP contribution in [0.1, 0.15) is 82.2 Å². The largest absolute Gasteiger partial charge is 0.450 e. The molecule has 348 valence electrons. The fourth-order valence-electron chi connectivity index (χ4n) is 14.4. The molecule has 0 N–H and O–H groups in total. The summed E-state index contributed by atoms with van der Waals surface area (Å²) in [6, 6.07) is 69.2. The number of aryl methyl sites for hydroxylation is 1. The Kier molecular flexibility index (Phi) is 8.39. The summed E-state index contributed by atoms with van der Waals surface area (Å²) in [5.41, 5.74) is 20.7. The third-order valence-corrected chi connectivity index (χ3v) is 22.7. The molecule has 0 bridgehead atoms. The van der Waals surface area contributed by atoms with Gasteiger partial charge >= 0.3 is 6.85 Å². The van der Waals surface area contributed by atoms with Crippen molar-refractivity contribution in [2.45, 2.75) is 77.6 Å². The van der Waals surface area contributed by atoms with Crippen LogP contribution in [0.25, 0.3) is 22.3 Å². The van der Waals surface area contributed by atoms with Crippen LogP contribution in [0.5, 0.6) is 23.0 Å². The van der Waals surface area contributed by atoms with Crippen molar-refractivity contribution in [3.63, 3.8) is 0 Å². The molecule has 2 aliphatic carbocycles. The number of fused-ring (bicyclic) bond motifs is 13. The average molecular weight is 947 g/mol. The minimum Gasteiger partial charge on any atom is -0.450 e. The molecular formula is C66H55BN2O2Si. The molecule has 0 atom stereocenters. The van der Waals surface area contributed by atoms with E-state index in [1.54, 1.807) is 0 Å². The van der Waals surface area contributed by atoms with Crippen LogP contribution in [-0.2, 0) is 16.2 Å². The topological polar surface area (TPSA) is 24.9 Å². The van der Waals surface area contributed by atoms with E-state index in [4.69, 9.17) is 9.47 Å². The zero-order valence-electron chi connectivity index (χ0n) is 42.0. The van der Waals surface area contributed by atoms with Gasteiger partial charge in [-0.3, -0.25) is 0 Å². The van der Waals surface area contributed by atoms with Crippen molar-refractivity contribution in [3.05, 3.63) is 210 Å². The second-order valence-corrected chi connectivity index (χ2v) is 26.8. The van der Waals surface area contributed by atoms with Crippen LogP contribution in [-0.4, -0.2) is 14.9 Å². The second kappa shape index (κ2) is 14.3. The van der Waals surface area contributed by atoms with Crippen LogP contribution < -0.4 is 50.9 Å². The van der Waals surface area contributed by atoms with E-state index in [0.717, 1.165) is 41.5 Å². The van der Waals surface area contributed by atoms with E-state index < -0.39 is 8.07 Å². The fourth-order valence-corrected chi connectivity index (χ4v) is 19.6. The van der Waals surface area contributed by atoms with E-state index in [1.807, 2.05) is 24.3 Å². The minimum atomic E-state index is -2.98. The first-order chi connectivity index (χ1) is 34.9. The number of hydrogen-bond donors (Lipinski definition) is 0. The van der Waals surface area contributed by atoms with Gasteiger partial charge in [0.05, 0.1) is 0 Å². The van der Waals surface area contributed by atoms with Crippen molar-refractivity contribution < 1.29 is 9.47 Å². The van der Waals surface area contributed by atoms with Gasteiger partial charge in [0, 0.05) is 45.5 Å². The van der Waals surface area contributed by atoms with E-state index in [9.17, 15) is 0 Å². The Morgan fingerprint density at radius 2 is 1.06 bits per heavy atom. The van der Waals surface area contributed by atoms with Gasteiger partial charge in [0.25, 0.3) is 0 Å². The zero-order valence-corrected chi connectivity index (χ0v) is 43.0. The lowest BCUT2D eigenvalue weighted by Gasteiger charge is -2.53. The Bertz CT molecular complexity index is 3800. The summed E-state index contributed by atoms with van der Waals surface area (Å²) in [6.07, 6.45) is 2.30. The van der Waals surface area contributed by atoms with Crippen LogP contribution in [0.4, 0.5) is 28.4 Å². The summed E-state index contributed by atoms with van der Waals surface area (Å²) in [7, 11) is -2.98. The van der Waals surface area contributed by atoms with E-state index in [1.165, 1.54) is 104 Å². The van der Waals surface area contributed by atoms with E-state index in [0.29, 0.717) is 0 Å². The highest BCUT2D eigenvalue weighted by Gasteiger charge is 2.57. The summed E-state index contributed by atoms with van der Waals surface area (Å²) in [4.78, 5) is 5.39. The molecule has 6 aliphatic rings. The van der Waals surface area contributed by atoms with E-state index in [2.05, 4.69) is 216 Å². The minimum absolute atomic E-state index is 0.00599. The molecule has 4 heterocycles. The number of rotatable bonds is 3. The molecular weight excluding hydrogens is 892 g/mol. The molecule has 0 fully saturated rings. The van der Waals surface area contributed by atoms with Crippen LogP contribution in [0, 0.1) is 6.92 Å². The molecule has 72 heavy (non-hydrogen) atoms. The van der Waals surface area contributed by atoms with Crippen molar-refractivity contribution in [2.75, 3.05) is 9.71 Å². The van der Waals surface area contributed by atoms with Crippen molar-refractivity contribution in [1.82, 2.24) is 0 Å². The average Bonchev–Trinajstić information content (AvgIpc) is 3.64. The van der Waals surface area contributed by atoms with Crippen molar-refractivity contribution in [1.29, 1.82) is 0 Å². The number of para-hydroxylation sites is 4. The molecule has 4 aliphatic heterocycles. The van der Waals surface area contributed by atoms with E-state index in [-0.39, 0.29) is 23.1 Å². The van der Waals surface area contributed by atoms with Gasteiger partial charge in [0.2, 0.25) is 0 Å². The number of nitrogens with zero attached hydrogens (tertiary/aromatic N) is 2. The molecule has 0 aromatic heterocycles. The van der Waals surface area contributed by atoms with Crippen LogP contribution in [0.2, 0.25) is 0 Å². The summed E-state index contributed by atoms with van der Waals surface area (Å²) in [6.45, 7) is 16.8. The maximum absolute atomic E-state index is 6.95. The molecule has 9 aromatic rings. The first kappa shape index (κ1) is 42.2. The molecule has 0 unspecified atom stereocenters. The van der Waals surface area contributed by atoms with Crippen LogP contribution >= 0.6 is 0 Å². The molecule has 0 amide bonds. The highest BCUT2D eigenvalue weighted by Crippen LogP contribution is 2.59. The van der Waals surface area contributed by atoms with Gasteiger partial charge in [-0.15, -0.1) is 0 Å². The van der Waals surface area contributed by atoms with Crippen molar-refractivity contribution in [3.8, 4) is 45.3 Å². The Morgan fingerprint density at radius 1 is 0.472 bits per heavy atom. The van der Waals surface area contributed by atoms with Crippen LogP contribution in [0.15, 0.2) is 182 Å². The maximum atomic E-state index is 6.95. The first-order valence-electron chi connectivity index (χ1n) is 25.9. The number of benzene rings is 9. The standard InChI is InChI=1S/C66H55BN2O2Si/c1-40-35-47-48(65(4,5)34-33-64(47,2)3)37-51(40)68-52-39-57-56(70-54-29-17-18-30-55(54)71-57)38-49(52)67-62-53(68)36-45-43-25-14-15-27-46(43)66(6,7)61(45)60(62)44-26-20-32-59-63(44)69(67)50-28-16-19-31-58(50)72(59,41-21-10-8-11-22-41)42-23-12-9-13-24-42/h8-32,35-39H,33-34H2,1-7H3. The lowest BCUT2D eigenvalue weighted by atomic mass is 9.42. The van der Waals surface area contributed by atoms with Gasteiger partial charge in [0.1, 0.15) is 0 Å². The highest BCUT2D eigenvalue weighted by molar-refractivity contribution is 7.22. The smallest absolute Gasteiger partial charge is 0.333 e. The normalized spacial score (nSPS) is 17.6. The van der Waals surface area contributed by atoms with Crippen molar-refractivity contribution >= 4 is 75.0 Å². The van der Waals surface area contributed by atoms with Gasteiger partial charge in [-0.2, -0.15) is 0 Å². The molecule has 4 nitrogen and oxygen atoms in total. The molecule has 0 saturated carbocycles. The highest BCUT2D eigenvalue weighted by atomic mass is 28.3. The Labute approximate surface area is 424 Å². The summed E-state index contributed by atoms with van der Waals surface area (Å²) < 4.78 is 13.9. The second-order valence-electron chi connectivity index (χ2n) is 23.0. The quantitative estimate of drug-likeness (QED) is 0.165. The Hall–Kier alpha value is -7.54. The lowest BCUT2D eigenvalue weighted by Crippen LogP contribution is -2.79. The SMILES string of the molecule is Cc1cc2c(cc1N1c3cc4c(cc3B3c5c1cc1c(c5-c5cccc6c5N3c3ccccc3[Si]6(c3ccccc3)c3ccccc3)C(C)(C)c3ccccc3-1)Oc1ccccc1O4)C(C)(C)CCC2(C)C. The summed E-state index contributed by atoms with van der Waals surface area (Å²) in [5.74, 6) is 2.91. The number of hydrogen-bond acceptors (Lipinski definition) is 4. The molecule has 0 saturated heterocycles. The summed E-state index contributed by atoms with van der Waals surface area (Å²) in [5, 5.41) is 5.59. The Morgan fingerprint density at radius 3 is 1.76 bits per heavy atom. The maximum Gasteiger partial charge on any atom is 0.333 e. The van der Waals surface area contributed by atoms with Gasteiger partial charge in [-0.25, -0.2) is 0 Å². The lowest BCUT2D eigenvalue weighted by molar-refractivity contribution is 0.332. The number of ether oxygens (including phenoxy) is 2. The van der Waals surface area contributed by atoms with E-state index >= 15 is 0 Å².